The molecule has 0 aliphatic rings. The highest BCUT2D eigenvalue weighted by atomic mass is 16.2. The second kappa shape index (κ2) is 8.02. The van der Waals surface area contributed by atoms with Crippen LogP contribution in [0.4, 0.5) is 5.69 Å². The maximum Gasteiger partial charge on any atom is 0.224 e. The summed E-state index contributed by atoms with van der Waals surface area (Å²) in [6, 6.07) is 14.8. The molecule has 0 unspecified atom stereocenters. The second-order valence-electron chi connectivity index (χ2n) is 5.76. The summed E-state index contributed by atoms with van der Waals surface area (Å²) in [5.41, 5.74) is 3.35. The molecule has 0 fully saturated rings. The van der Waals surface area contributed by atoms with Gasteiger partial charge in [-0.1, -0.05) is 24.3 Å². The summed E-state index contributed by atoms with van der Waals surface area (Å²) in [7, 11) is 0. The third-order valence-electron chi connectivity index (χ3n) is 3.65. The summed E-state index contributed by atoms with van der Waals surface area (Å²) >= 11 is 0. The number of benzene rings is 2. The predicted molar refractivity (Wildman–Crippen MR) is 95.5 cm³/mol. The molecule has 3 aromatic rings. The minimum absolute atomic E-state index is 0.0786. The standard InChI is InChI=1S/C18H18N6O2/c1-13(25)21-16-4-2-3-15(9-16)11-19-18(26)10-14-5-7-17(8-6-14)24-12-20-22-23-24/h2-9,12H,10-11H2,1H3,(H,19,26)(H,21,25). The van der Waals surface area contributed by atoms with Crippen LogP contribution in [0, 0.1) is 0 Å². The van der Waals surface area contributed by atoms with Crippen molar-refractivity contribution in [3.8, 4) is 5.69 Å². The SMILES string of the molecule is CC(=O)Nc1cccc(CNC(=O)Cc2ccc(-n3cnnn3)cc2)c1. The molecule has 0 spiro atoms. The molecular weight excluding hydrogens is 332 g/mol. The maximum atomic E-state index is 12.1. The Labute approximate surface area is 150 Å². The first-order chi connectivity index (χ1) is 12.6. The number of hydrogen-bond acceptors (Lipinski definition) is 5. The Bertz CT molecular complexity index is 890. The number of anilines is 1. The Kier molecular flexibility index (Phi) is 5.33. The van der Waals surface area contributed by atoms with Crippen LogP contribution < -0.4 is 10.6 Å². The predicted octanol–water partition coefficient (Wildman–Crippen LogP) is 1.48. The highest BCUT2D eigenvalue weighted by Gasteiger charge is 2.05. The Morgan fingerprint density at radius 1 is 1.08 bits per heavy atom. The Morgan fingerprint density at radius 2 is 1.88 bits per heavy atom. The summed E-state index contributed by atoms with van der Waals surface area (Å²) in [5.74, 6) is -0.207. The number of tetrazole rings is 1. The van der Waals surface area contributed by atoms with Crippen molar-refractivity contribution in [1.29, 1.82) is 0 Å². The monoisotopic (exact) mass is 350 g/mol. The van der Waals surface area contributed by atoms with Crippen molar-refractivity contribution in [1.82, 2.24) is 25.5 Å². The van der Waals surface area contributed by atoms with E-state index >= 15 is 0 Å². The molecule has 0 bridgehead atoms. The number of nitrogens with one attached hydrogen (secondary N) is 2. The van der Waals surface area contributed by atoms with Crippen LogP contribution >= 0.6 is 0 Å². The Balaban J connectivity index is 1.53. The van der Waals surface area contributed by atoms with Gasteiger partial charge in [-0.3, -0.25) is 9.59 Å². The molecule has 2 N–H and O–H groups in total. The van der Waals surface area contributed by atoms with E-state index in [9.17, 15) is 9.59 Å². The number of carbonyl (C=O) groups is 2. The number of nitrogens with zero attached hydrogens (tertiary/aromatic N) is 4. The minimum atomic E-state index is -0.128. The molecule has 1 aromatic heterocycles. The van der Waals surface area contributed by atoms with Crippen molar-refractivity contribution < 1.29 is 9.59 Å². The van der Waals surface area contributed by atoms with Crippen molar-refractivity contribution in [2.24, 2.45) is 0 Å². The van der Waals surface area contributed by atoms with E-state index in [4.69, 9.17) is 0 Å². The van der Waals surface area contributed by atoms with Crippen molar-refractivity contribution in [3.63, 3.8) is 0 Å². The fourth-order valence-corrected chi connectivity index (χ4v) is 2.46. The number of aromatic nitrogens is 4. The first-order valence-corrected chi connectivity index (χ1v) is 8.06. The largest absolute Gasteiger partial charge is 0.352 e. The second-order valence-corrected chi connectivity index (χ2v) is 5.76. The Morgan fingerprint density at radius 3 is 2.58 bits per heavy atom. The maximum absolute atomic E-state index is 12.1. The van der Waals surface area contributed by atoms with Crippen LogP contribution in [0.5, 0.6) is 0 Å². The summed E-state index contributed by atoms with van der Waals surface area (Å²) in [5, 5.41) is 16.6. The molecule has 2 aromatic carbocycles. The first-order valence-electron chi connectivity index (χ1n) is 8.06. The van der Waals surface area contributed by atoms with Crippen LogP contribution in [-0.2, 0) is 22.6 Å². The molecule has 0 radical (unpaired) electrons. The van der Waals surface area contributed by atoms with Gasteiger partial charge in [-0.2, -0.15) is 0 Å². The molecule has 0 saturated carbocycles. The van der Waals surface area contributed by atoms with Crippen LogP contribution in [-0.4, -0.2) is 32.0 Å². The van der Waals surface area contributed by atoms with Gasteiger partial charge in [0.05, 0.1) is 12.1 Å². The summed E-state index contributed by atoms with van der Waals surface area (Å²) < 4.78 is 1.55. The lowest BCUT2D eigenvalue weighted by Crippen LogP contribution is -2.24. The average molecular weight is 350 g/mol. The zero-order chi connectivity index (χ0) is 18.4. The number of amides is 2. The molecular formula is C18H18N6O2. The third-order valence-corrected chi connectivity index (χ3v) is 3.65. The van der Waals surface area contributed by atoms with E-state index in [0.717, 1.165) is 16.8 Å². The normalized spacial score (nSPS) is 10.3. The molecule has 0 atom stereocenters. The van der Waals surface area contributed by atoms with E-state index in [-0.39, 0.29) is 18.2 Å². The van der Waals surface area contributed by atoms with Gasteiger partial charge >= 0.3 is 0 Å². The van der Waals surface area contributed by atoms with Gasteiger partial charge in [-0.15, -0.1) is 5.10 Å². The number of carbonyl (C=O) groups excluding carboxylic acids is 2. The van der Waals surface area contributed by atoms with Gasteiger partial charge in [0.25, 0.3) is 0 Å². The first kappa shape index (κ1) is 17.3. The lowest BCUT2D eigenvalue weighted by atomic mass is 10.1. The van der Waals surface area contributed by atoms with Gasteiger partial charge in [-0.25, -0.2) is 4.68 Å². The highest BCUT2D eigenvalue weighted by Crippen LogP contribution is 2.11. The minimum Gasteiger partial charge on any atom is -0.352 e. The lowest BCUT2D eigenvalue weighted by molar-refractivity contribution is -0.120. The van der Waals surface area contributed by atoms with E-state index in [1.165, 1.54) is 13.3 Å². The van der Waals surface area contributed by atoms with Gasteiger partial charge in [-0.05, 0) is 45.8 Å². The smallest absolute Gasteiger partial charge is 0.224 e. The fraction of sp³-hybridized carbons (Fsp3) is 0.167. The molecule has 0 saturated heterocycles. The zero-order valence-electron chi connectivity index (χ0n) is 14.2. The van der Waals surface area contributed by atoms with Gasteiger partial charge in [0, 0.05) is 19.2 Å². The molecule has 132 valence electrons. The Hall–Kier alpha value is -3.55. The summed E-state index contributed by atoms with van der Waals surface area (Å²) in [6.07, 6.45) is 1.79. The number of rotatable bonds is 6. The molecule has 0 aliphatic carbocycles. The van der Waals surface area contributed by atoms with Gasteiger partial charge < -0.3 is 10.6 Å². The molecule has 0 aliphatic heterocycles. The lowest BCUT2D eigenvalue weighted by Gasteiger charge is -2.08. The van der Waals surface area contributed by atoms with Crippen molar-refractivity contribution in [3.05, 3.63) is 66.0 Å². The van der Waals surface area contributed by atoms with Crippen LogP contribution in [0.25, 0.3) is 5.69 Å². The molecule has 3 rings (SSSR count). The van der Waals surface area contributed by atoms with Crippen LogP contribution in [0.1, 0.15) is 18.1 Å². The van der Waals surface area contributed by atoms with E-state index in [2.05, 4.69) is 26.2 Å². The van der Waals surface area contributed by atoms with E-state index < -0.39 is 0 Å². The quantitative estimate of drug-likeness (QED) is 0.701. The van der Waals surface area contributed by atoms with Gasteiger partial charge in [0.15, 0.2) is 0 Å². The van der Waals surface area contributed by atoms with Crippen LogP contribution in [0.15, 0.2) is 54.9 Å². The van der Waals surface area contributed by atoms with Crippen LogP contribution in [0.3, 0.4) is 0 Å². The zero-order valence-corrected chi connectivity index (χ0v) is 14.2. The summed E-state index contributed by atoms with van der Waals surface area (Å²) in [4.78, 5) is 23.2. The van der Waals surface area contributed by atoms with Crippen molar-refractivity contribution in [2.75, 3.05) is 5.32 Å². The molecule has 8 heteroatoms. The summed E-state index contributed by atoms with van der Waals surface area (Å²) in [6.45, 7) is 1.86. The van der Waals surface area contributed by atoms with Crippen LogP contribution in [0.2, 0.25) is 0 Å². The molecule has 1 heterocycles. The number of hydrogen-bond donors (Lipinski definition) is 2. The average Bonchev–Trinajstić information content (AvgIpc) is 3.15. The van der Waals surface area contributed by atoms with E-state index in [1.54, 1.807) is 10.7 Å². The third kappa shape index (κ3) is 4.73. The molecule has 26 heavy (non-hydrogen) atoms. The molecule has 8 nitrogen and oxygen atoms in total. The van der Waals surface area contributed by atoms with Crippen molar-refractivity contribution >= 4 is 17.5 Å². The topological polar surface area (TPSA) is 102 Å². The van der Waals surface area contributed by atoms with E-state index in [0.29, 0.717) is 12.2 Å². The molecule has 2 amide bonds. The van der Waals surface area contributed by atoms with Gasteiger partial charge in [0.2, 0.25) is 11.8 Å². The highest BCUT2D eigenvalue weighted by molar-refractivity contribution is 5.88. The van der Waals surface area contributed by atoms with Gasteiger partial charge in [0.1, 0.15) is 6.33 Å². The fourth-order valence-electron chi connectivity index (χ4n) is 2.46. The van der Waals surface area contributed by atoms with Crippen molar-refractivity contribution in [2.45, 2.75) is 19.9 Å². The van der Waals surface area contributed by atoms with E-state index in [1.807, 2.05) is 42.5 Å².